The van der Waals surface area contributed by atoms with E-state index in [4.69, 9.17) is 11.6 Å². The van der Waals surface area contributed by atoms with Crippen LogP contribution in [-0.2, 0) is 10.0 Å². The Morgan fingerprint density at radius 2 is 1.67 bits per heavy atom. The lowest BCUT2D eigenvalue weighted by atomic mass is 10.2. The molecule has 8 heteroatoms. The maximum Gasteiger partial charge on any atom is 0.271 e. The highest BCUT2D eigenvalue weighted by Gasteiger charge is 2.16. The van der Waals surface area contributed by atoms with Crippen molar-refractivity contribution in [2.45, 2.75) is 4.90 Å². The first-order valence-electron chi connectivity index (χ1n) is 8.88. The Labute approximate surface area is 180 Å². The van der Waals surface area contributed by atoms with Crippen LogP contribution in [0.25, 0.3) is 6.08 Å². The summed E-state index contributed by atoms with van der Waals surface area (Å²) >= 11 is 5.81. The fourth-order valence-corrected chi connectivity index (χ4v) is 3.69. The van der Waals surface area contributed by atoms with Gasteiger partial charge in [-0.3, -0.25) is 9.52 Å². The molecule has 0 atom stereocenters. The molecule has 3 aromatic carbocycles. The van der Waals surface area contributed by atoms with Crippen molar-refractivity contribution in [1.29, 1.82) is 0 Å². The van der Waals surface area contributed by atoms with Gasteiger partial charge >= 0.3 is 0 Å². The second-order valence-electron chi connectivity index (χ2n) is 6.13. The van der Waals surface area contributed by atoms with Gasteiger partial charge in [-0.1, -0.05) is 54.1 Å². The largest absolute Gasteiger partial charge is 0.280 e. The molecule has 1 amide bonds. The van der Waals surface area contributed by atoms with E-state index in [9.17, 15) is 13.2 Å². The van der Waals surface area contributed by atoms with E-state index in [0.717, 1.165) is 5.56 Å². The van der Waals surface area contributed by atoms with Gasteiger partial charge in [0.15, 0.2) is 0 Å². The summed E-state index contributed by atoms with van der Waals surface area (Å²) in [5, 5.41) is 4.34. The van der Waals surface area contributed by atoms with Crippen LogP contribution >= 0.6 is 11.6 Å². The number of nitrogens with one attached hydrogen (secondary N) is 2. The molecule has 30 heavy (non-hydrogen) atoms. The lowest BCUT2D eigenvalue weighted by Gasteiger charge is -2.09. The fraction of sp³-hybridized carbons (Fsp3) is 0. The number of hydrazone groups is 1. The molecule has 0 heterocycles. The van der Waals surface area contributed by atoms with Crippen LogP contribution in [0.3, 0.4) is 0 Å². The average Bonchev–Trinajstić information content (AvgIpc) is 2.76. The molecule has 0 saturated heterocycles. The zero-order valence-corrected chi connectivity index (χ0v) is 17.3. The zero-order chi connectivity index (χ0) is 21.4. The molecular weight excluding hydrogens is 422 g/mol. The number of hydrogen-bond donors (Lipinski definition) is 2. The zero-order valence-electron chi connectivity index (χ0n) is 15.7. The summed E-state index contributed by atoms with van der Waals surface area (Å²) in [5.74, 6) is -0.525. The summed E-state index contributed by atoms with van der Waals surface area (Å²) in [6, 6.07) is 21.6. The molecule has 0 aromatic heterocycles. The Hall–Kier alpha value is -3.42. The minimum atomic E-state index is -3.86. The van der Waals surface area contributed by atoms with Crippen molar-refractivity contribution in [2.75, 3.05) is 4.72 Å². The van der Waals surface area contributed by atoms with Gasteiger partial charge in [-0.15, -0.1) is 0 Å². The van der Waals surface area contributed by atoms with Gasteiger partial charge in [0.2, 0.25) is 0 Å². The normalized spacial score (nSPS) is 11.6. The number of anilines is 1. The monoisotopic (exact) mass is 439 g/mol. The van der Waals surface area contributed by atoms with Gasteiger partial charge in [-0.05, 0) is 54.1 Å². The molecule has 0 bridgehead atoms. The Morgan fingerprint density at radius 1 is 0.933 bits per heavy atom. The Morgan fingerprint density at radius 3 is 2.40 bits per heavy atom. The van der Waals surface area contributed by atoms with Crippen LogP contribution in [0.4, 0.5) is 5.69 Å². The third-order valence-electron chi connectivity index (χ3n) is 3.92. The third-order valence-corrected chi connectivity index (χ3v) is 5.55. The predicted octanol–water partition coefficient (Wildman–Crippen LogP) is 4.57. The Balaban J connectivity index is 1.65. The molecule has 3 rings (SSSR count). The number of rotatable bonds is 7. The molecule has 0 aliphatic rings. The van der Waals surface area contributed by atoms with Gasteiger partial charge in [0, 0.05) is 22.5 Å². The SMILES string of the molecule is O=C(NN=CC=Cc1ccccc1)c1cccc(S(=O)(=O)Nc2ccc(Cl)cc2)c1. The lowest BCUT2D eigenvalue weighted by Crippen LogP contribution is -2.19. The molecule has 0 aliphatic carbocycles. The molecule has 0 spiro atoms. The van der Waals surface area contributed by atoms with Crippen molar-refractivity contribution in [3.8, 4) is 0 Å². The minimum absolute atomic E-state index is 0.0435. The van der Waals surface area contributed by atoms with Crippen LogP contribution in [0.5, 0.6) is 0 Å². The summed E-state index contributed by atoms with van der Waals surface area (Å²) < 4.78 is 27.6. The first-order chi connectivity index (χ1) is 14.4. The number of carbonyl (C=O) groups excluding carboxylic acids is 1. The van der Waals surface area contributed by atoms with E-state index in [-0.39, 0.29) is 10.5 Å². The number of hydrogen-bond acceptors (Lipinski definition) is 4. The van der Waals surface area contributed by atoms with E-state index < -0.39 is 15.9 Å². The van der Waals surface area contributed by atoms with Gasteiger partial charge in [-0.2, -0.15) is 5.10 Å². The number of amides is 1. The molecule has 0 radical (unpaired) electrons. The quantitative estimate of drug-likeness (QED) is 0.417. The van der Waals surface area contributed by atoms with Crippen LogP contribution in [0.1, 0.15) is 15.9 Å². The highest BCUT2D eigenvalue weighted by molar-refractivity contribution is 7.92. The smallest absolute Gasteiger partial charge is 0.271 e. The third kappa shape index (κ3) is 6.04. The second kappa shape index (κ2) is 9.87. The summed E-state index contributed by atoms with van der Waals surface area (Å²) in [6.45, 7) is 0. The summed E-state index contributed by atoms with van der Waals surface area (Å²) in [7, 11) is -3.86. The van der Waals surface area contributed by atoms with Gasteiger partial charge in [0.25, 0.3) is 15.9 Å². The maximum atomic E-state index is 12.6. The molecule has 0 fully saturated rings. The molecule has 6 nitrogen and oxygen atoms in total. The van der Waals surface area contributed by atoms with E-state index in [1.54, 1.807) is 30.3 Å². The van der Waals surface area contributed by atoms with Crippen LogP contribution < -0.4 is 10.1 Å². The number of carbonyl (C=O) groups is 1. The summed E-state index contributed by atoms with van der Waals surface area (Å²) in [6.07, 6.45) is 4.96. The predicted molar refractivity (Wildman–Crippen MR) is 120 cm³/mol. The van der Waals surface area contributed by atoms with E-state index in [1.807, 2.05) is 36.4 Å². The first kappa shape index (κ1) is 21.3. The number of sulfonamides is 1. The number of halogens is 1. The molecule has 152 valence electrons. The summed E-state index contributed by atoms with van der Waals surface area (Å²) in [4.78, 5) is 12.2. The topological polar surface area (TPSA) is 87.6 Å². The molecule has 0 aliphatic heterocycles. The average molecular weight is 440 g/mol. The first-order valence-corrected chi connectivity index (χ1v) is 10.7. The highest BCUT2D eigenvalue weighted by Crippen LogP contribution is 2.19. The molecular formula is C22H18ClN3O3S. The molecule has 3 aromatic rings. The number of benzene rings is 3. The van der Waals surface area contributed by atoms with E-state index >= 15 is 0 Å². The van der Waals surface area contributed by atoms with Gasteiger partial charge in [-0.25, -0.2) is 13.8 Å². The van der Waals surface area contributed by atoms with E-state index in [1.165, 1.54) is 30.5 Å². The fourth-order valence-electron chi connectivity index (χ4n) is 2.46. The lowest BCUT2D eigenvalue weighted by molar-refractivity contribution is 0.0955. The van der Waals surface area contributed by atoms with Crippen molar-refractivity contribution in [1.82, 2.24) is 5.43 Å². The van der Waals surface area contributed by atoms with Gasteiger partial charge < -0.3 is 0 Å². The van der Waals surface area contributed by atoms with Crippen molar-refractivity contribution in [3.05, 3.63) is 101 Å². The molecule has 0 unspecified atom stereocenters. The number of allylic oxidation sites excluding steroid dienone is 1. The van der Waals surface area contributed by atoms with E-state index in [2.05, 4.69) is 15.2 Å². The number of nitrogens with zero attached hydrogens (tertiary/aromatic N) is 1. The van der Waals surface area contributed by atoms with Crippen LogP contribution in [-0.4, -0.2) is 20.5 Å². The molecule has 0 saturated carbocycles. The maximum absolute atomic E-state index is 12.6. The van der Waals surface area contributed by atoms with Gasteiger partial charge in [0.1, 0.15) is 0 Å². The minimum Gasteiger partial charge on any atom is -0.280 e. The van der Waals surface area contributed by atoms with Crippen LogP contribution in [0.15, 0.2) is 94.9 Å². The molecule has 2 N–H and O–H groups in total. The van der Waals surface area contributed by atoms with Crippen molar-refractivity contribution in [3.63, 3.8) is 0 Å². The standard InChI is InChI=1S/C22H18ClN3O3S/c23-19-11-13-20(14-12-19)26-30(28,29)21-10-4-9-18(16-21)22(27)25-24-15-5-8-17-6-2-1-3-7-17/h1-16,26H,(H,25,27). The summed E-state index contributed by atoms with van der Waals surface area (Å²) in [5.41, 5.74) is 3.90. The Kier molecular flexibility index (Phi) is 7.00. The van der Waals surface area contributed by atoms with Crippen LogP contribution in [0, 0.1) is 0 Å². The van der Waals surface area contributed by atoms with Gasteiger partial charge in [0.05, 0.1) is 4.90 Å². The van der Waals surface area contributed by atoms with Crippen molar-refractivity contribution < 1.29 is 13.2 Å². The van der Waals surface area contributed by atoms with E-state index in [0.29, 0.717) is 10.7 Å². The Bertz CT molecular complexity index is 1180. The van der Waals surface area contributed by atoms with Crippen molar-refractivity contribution in [2.24, 2.45) is 5.10 Å². The highest BCUT2D eigenvalue weighted by atomic mass is 35.5. The second-order valence-corrected chi connectivity index (χ2v) is 8.25. The van der Waals surface area contributed by atoms with Crippen molar-refractivity contribution >= 4 is 45.5 Å². The van der Waals surface area contributed by atoms with Crippen LogP contribution in [0.2, 0.25) is 5.02 Å².